The lowest BCUT2D eigenvalue weighted by molar-refractivity contribution is -0.377. The first-order chi connectivity index (χ1) is 25.4. The van der Waals surface area contributed by atoms with Gasteiger partial charge in [0.15, 0.2) is 12.6 Å². The molecule has 7 rings (SSSR count). The van der Waals surface area contributed by atoms with Gasteiger partial charge in [-0.2, -0.15) is 0 Å². The van der Waals surface area contributed by atoms with Crippen LogP contribution in [0.4, 0.5) is 0 Å². The molecule has 55 heavy (non-hydrogen) atoms. The van der Waals surface area contributed by atoms with Gasteiger partial charge in [0.05, 0.1) is 48.8 Å². The zero-order valence-electron chi connectivity index (χ0n) is 34.0. The van der Waals surface area contributed by atoms with E-state index in [1.165, 1.54) is 0 Å². The fourth-order valence-corrected chi connectivity index (χ4v) is 13.9. The molecule has 3 saturated heterocycles. The number of hydrogen-bond acceptors (Lipinski definition) is 14. The van der Waals surface area contributed by atoms with Crippen molar-refractivity contribution in [2.45, 2.75) is 198 Å². The lowest BCUT2D eigenvalue weighted by Gasteiger charge is -2.72. The predicted octanol–water partition coefficient (Wildman–Crippen LogP) is 0.970. The quantitative estimate of drug-likeness (QED) is 0.164. The predicted molar refractivity (Wildman–Crippen MR) is 196 cm³/mol. The number of aliphatic hydroxyl groups excluding tert-OH is 8. The van der Waals surface area contributed by atoms with Crippen molar-refractivity contribution in [1.82, 2.24) is 0 Å². The molecule has 0 bridgehead atoms. The Morgan fingerprint density at radius 3 is 2.07 bits per heavy atom. The molecule has 0 radical (unpaired) electrons. The van der Waals surface area contributed by atoms with E-state index in [-0.39, 0.29) is 41.8 Å². The van der Waals surface area contributed by atoms with Gasteiger partial charge >= 0.3 is 0 Å². The van der Waals surface area contributed by atoms with E-state index in [1.807, 2.05) is 0 Å². The Labute approximate surface area is 325 Å². The molecule has 318 valence electrons. The highest BCUT2D eigenvalue weighted by atomic mass is 16.8. The molecule has 1 unspecified atom stereocenters. The van der Waals surface area contributed by atoms with Crippen LogP contribution in [0.25, 0.3) is 0 Å². The topological polar surface area (TPSA) is 228 Å². The number of rotatable bonds is 7. The fraction of sp³-hybridized carbons (Fsp3) is 1.00. The van der Waals surface area contributed by atoms with Gasteiger partial charge in [-0.1, -0.05) is 34.6 Å². The highest BCUT2D eigenvalue weighted by Gasteiger charge is 2.74. The van der Waals surface area contributed by atoms with E-state index in [4.69, 9.17) is 23.7 Å². The van der Waals surface area contributed by atoms with Crippen LogP contribution in [0.2, 0.25) is 0 Å². The molecule has 9 N–H and O–H groups in total. The van der Waals surface area contributed by atoms with E-state index in [9.17, 15) is 46.0 Å². The second kappa shape index (κ2) is 14.3. The Kier molecular flexibility index (Phi) is 11.1. The largest absolute Gasteiger partial charge is 0.394 e. The first-order valence-corrected chi connectivity index (χ1v) is 20.8. The molecule has 14 heteroatoms. The van der Waals surface area contributed by atoms with E-state index >= 15 is 0 Å². The van der Waals surface area contributed by atoms with Crippen LogP contribution in [0, 0.1) is 45.3 Å². The first kappa shape index (κ1) is 42.6. The monoisotopic (exact) mass is 786 g/mol. The van der Waals surface area contributed by atoms with Crippen LogP contribution in [-0.4, -0.2) is 150 Å². The Morgan fingerprint density at radius 2 is 1.44 bits per heavy atom. The molecule has 14 nitrogen and oxygen atoms in total. The summed E-state index contributed by atoms with van der Waals surface area (Å²) in [5, 5.41) is 98.7. The summed E-state index contributed by atoms with van der Waals surface area (Å²) in [7, 11) is 0. The van der Waals surface area contributed by atoms with E-state index in [2.05, 4.69) is 41.5 Å². The van der Waals surface area contributed by atoms with Gasteiger partial charge < -0.3 is 69.6 Å². The first-order valence-electron chi connectivity index (χ1n) is 20.8. The lowest BCUT2D eigenvalue weighted by atomic mass is 9.34. The minimum absolute atomic E-state index is 0.0590. The third-order valence-corrected chi connectivity index (χ3v) is 17.0. The third-order valence-electron chi connectivity index (χ3n) is 17.0. The summed E-state index contributed by atoms with van der Waals surface area (Å²) in [6, 6.07) is 0. The van der Waals surface area contributed by atoms with Crippen LogP contribution in [0.15, 0.2) is 0 Å². The average Bonchev–Trinajstić information content (AvgIpc) is 3.70. The molecule has 7 aliphatic rings. The molecular formula is C41H70O14. The molecule has 0 spiro atoms. The SMILES string of the molecule is CC(C)(O)C1CC[C@@](C)([C@H]2CC[C@]3(C)[C@@H]2[C@H](O)C[C@@H]2[C@@]4(C)CC[C@H](O)C(C)(C)[C@@H]4[C@@H](O[C@@H]4O[C@H](CO)[C@@H](O)[C@H](O)[C@H]4O[C@@H]4OC[C@@H](O)[C@H](O)[C@H]4O)C[C@]23C)O1. The van der Waals surface area contributed by atoms with Gasteiger partial charge in [-0.25, -0.2) is 0 Å². The van der Waals surface area contributed by atoms with E-state index in [0.29, 0.717) is 25.7 Å². The van der Waals surface area contributed by atoms with Crippen molar-refractivity contribution in [2.75, 3.05) is 13.2 Å². The molecule has 21 atom stereocenters. The standard InChI is InChI=1S/C41H70O14/c1-36(2)25(45)10-12-38(5)24-15-20(43)27-19(41(8)14-11-26(55-41)37(3,4)50)9-13-39(27,6)40(24,7)16-22(33(36)38)52-35-32(30(48)29(47)23(17-42)53-35)54-34-31(49)28(46)21(44)18-51-34/h19-35,42-50H,9-18H2,1-8H3/t19-,20+,21+,22-,23+,24+,25-,26?,27-,28-,29+,30-,31+,32+,33-,34-,35+,38+,39+,40+,41-/m0/s1. The second-order valence-corrected chi connectivity index (χ2v) is 20.8. The van der Waals surface area contributed by atoms with Gasteiger partial charge in [-0.15, -0.1) is 0 Å². The molecule has 0 aromatic heterocycles. The maximum Gasteiger partial charge on any atom is 0.187 e. The van der Waals surface area contributed by atoms with Crippen molar-refractivity contribution >= 4 is 0 Å². The van der Waals surface area contributed by atoms with Crippen LogP contribution < -0.4 is 0 Å². The second-order valence-electron chi connectivity index (χ2n) is 20.8. The fourth-order valence-electron chi connectivity index (χ4n) is 13.9. The number of hydrogen-bond donors (Lipinski definition) is 9. The van der Waals surface area contributed by atoms with Gasteiger partial charge in [0.25, 0.3) is 0 Å². The smallest absolute Gasteiger partial charge is 0.187 e. The molecule has 0 aromatic rings. The molecule has 4 aliphatic carbocycles. The number of aliphatic hydroxyl groups is 9. The molecule has 0 aromatic carbocycles. The van der Waals surface area contributed by atoms with Crippen molar-refractivity contribution < 1.29 is 69.6 Å². The van der Waals surface area contributed by atoms with Crippen molar-refractivity contribution in [2.24, 2.45) is 45.3 Å². The summed E-state index contributed by atoms with van der Waals surface area (Å²) in [4.78, 5) is 0. The number of ether oxygens (including phenoxy) is 5. The maximum absolute atomic E-state index is 12.4. The van der Waals surface area contributed by atoms with Crippen LogP contribution in [0.3, 0.4) is 0 Å². The zero-order chi connectivity index (χ0) is 40.4. The summed E-state index contributed by atoms with van der Waals surface area (Å²) in [5.74, 6) is -0.233. The molecule has 7 fully saturated rings. The van der Waals surface area contributed by atoms with Crippen molar-refractivity contribution in [3.8, 4) is 0 Å². The number of fused-ring (bicyclic) bond motifs is 5. The third kappa shape index (κ3) is 6.50. The summed E-state index contributed by atoms with van der Waals surface area (Å²) >= 11 is 0. The van der Waals surface area contributed by atoms with Crippen LogP contribution in [0.5, 0.6) is 0 Å². The summed E-state index contributed by atoms with van der Waals surface area (Å²) in [5.41, 5.74) is -3.33. The van der Waals surface area contributed by atoms with Crippen molar-refractivity contribution in [3.05, 3.63) is 0 Å². The maximum atomic E-state index is 12.4. The summed E-state index contributed by atoms with van der Waals surface area (Å²) in [6.07, 6.45) is -9.89. The average molecular weight is 787 g/mol. The molecule has 4 saturated carbocycles. The minimum atomic E-state index is -1.68. The highest BCUT2D eigenvalue weighted by molar-refractivity contribution is 5.22. The van der Waals surface area contributed by atoms with Gasteiger partial charge in [0, 0.05) is 0 Å². The lowest BCUT2D eigenvalue weighted by Crippen LogP contribution is -2.71. The van der Waals surface area contributed by atoms with Crippen molar-refractivity contribution in [3.63, 3.8) is 0 Å². The Hall–Kier alpha value is -0.560. The molecule has 0 amide bonds. The Balaban J connectivity index is 1.25. The summed E-state index contributed by atoms with van der Waals surface area (Å²) in [6.45, 7) is 15.8. The Morgan fingerprint density at radius 1 is 0.745 bits per heavy atom. The van der Waals surface area contributed by atoms with Crippen LogP contribution in [0.1, 0.15) is 107 Å². The van der Waals surface area contributed by atoms with Crippen molar-refractivity contribution in [1.29, 1.82) is 0 Å². The van der Waals surface area contributed by atoms with E-state index in [0.717, 1.165) is 25.7 Å². The normalized spacial score (nSPS) is 56.8. The highest BCUT2D eigenvalue weighted by Crippen LogP contribution is 2.76. The summed E-state index contributed by atoms with van der Waals surface area (Å²) < 4.78 is 31.6. The zero-order valence-corrected chi connectivity index (χ0v) is 34.0. The minimum Gasteiger partial charge on any atom is -0.394 e. The van der Waals surface area contributed by atoms with Crippen LogP contribution in [-0.2, 0) is 23.7 Å². The van der Waals surface area contributed by atoms with Crippen LogP contribution >= 0.6 is 0 Å². The molecule has 3 heterocycles. The molecular weight excluding hydrogens is 716 g/mol. The van der Waals surface area contributed by atoms with Gasteiger partial charge in [0.1, 0.15) is 42.7 Å². The van der Waals surface area contributed by atoms with E-state index < -0.39 is 108 Å². The Bertz CT molecular complexity index is 1390. The van der Waals surface area contributed by atoms with E-state index in [1.54, 1.807) is 13.8 Å². The van der Waals surface area contributed by atoms with Gasteiger partial charge in [0.2, 0.25) is 0 Å². The van der Waals surface area contributed by atoms with Gasteiger partial charge in [-0.3, -0.25) is 0 Å². The molecule has 3 aliphatic heterocycles. The van der Waals surface area contributed by atoms with Gasteiger partial charge in [-0.05, 0) is 117 Å².